The normalized spacial score (nSPS) is 9.93. The van der Waals surface area contributed by atoms with Crippen molar-refractivity contribution in [2.45, 2.75) is 6.54 Å². The van der Waals surface area contributed by atoms with Crippen molar-refractivity contribution in [1.82, 2.24) is 0 Å². The summed E-state index contributed by atoms with van der Waals surface area (Å²) in [4.78, 5) is 0. The lowest BCUT2D eigenvalue weighted by molar-refractivity contribution is 0.121. The second-order valence-electron chi connectivity index (χ2n) is 3.06. The standard InChI is InChI=1S/C12H17NO2/c1-2-7-14-8-9-15-12-5-3-11(10-13)4-6-12/h2-6H,1,7-10,13H2. The number of nitrogens with two attached hydrogens (primary N) is 1. The molecule has 1 aromatic rings. The summed E-state index contributed by atoms with van der Waals surface area (Å²) in [5.41, 5.74) is 6.59. The summed E-state index contributed by atoms with van der Waals surface area (Å²) in [6.07, 6.45) is 1.72. The molecule has 82 valence electrons. The molecule has 1 rings (SSSR count). The van der Waals surface area contributed by atoms with Crippen LogP contribution in [0.25, 0.3) is 0 Å². The Balaban J connectivity index is 2.22. The van der Waals surface area contributed by atoms with Gasteiger partial charge in [-0.3, -0.25) is 0 Å². The smallest absolute Gasteiger partial charge is 0.119 e. The average molecular weight is 207 g/mol. The van der Waals surface area contributed by atoms with Crippen LogP contribution in [-0.2, 0) is 11.3 Å². The number of benzene rings is 1. The maximum Gasteiger partial charge on any atom is 0.119 e. The van der Waals surface area contributed by atoms with Crippen LogP contribution < -0.4 is 10.5 Å². The fraction of sp³-hybridized carbons (Fsp3) is 0.333. The van der Waals surface area contributed by atoms with Crippen molar-refractivity contribution < 1.29 is 9.47 Å². The summed E-state index contributed by atoms with van der Waals surface area (Å²) in [5.74, 6) is 0.842. The summed E-state index contributed by atoms with van der Waals surface area (Å²) in [6.45, 7) is 5.81. The minimum absolute atomic E-state index is 0.551. The Labute approximate surface area is 90.5 Å². The lowest BCUT2D eigenvalue weighted by Crippen LogP contribution is -2.06. The van der Waals surface area contributed by atoms with E-state index in [1.54, 1.807) is 6.08 Å². The Morgan fingerprint density at radius 2 is 1.93 bits per heavy atom. The van der Waals surface area contributed by atoms with E-state index in [1.807, 2.05) is 24.3 Å². The second kappa shape index (κ2) is 7.04. The lowest BCUT2D eigenvalue weighted by atomic mass is 10.2. The van der Waals surface area contributed by atoms with Crippen molar-refractivity contribution >= 4 is 0 Å². The molecule has 0 aromatic heterocycles. The molecule has 0 heterocycles. The third-order valence-electron chi connectivity index (χ3n) is 1.89. The van der Waals surface area contributed by atoms with Gasteiger partial charge in [0.2, 0.25) is 0 Å². The van der Waals surface area contributed by atoms with Crippen molar-refractivity contribution in [2.24, 2.45) is 5.73 Å². The number of ether oxygens (including phenoxy) is 2. The van der Waals surface area contributed by atoms with Crippen LogP contribution in [0.4, 0.5) is 0 Å². The largest absolute Gasteiger partial charge is 0.491 e. The van der Waals surface area contributed by atoms with E-state index in [9.17, 15) is 0 Å². The van der Waals surface area contributed by atoms with E-state index in [1.165, 1.54) is 0 Å². The Morgan fingerprint density at radius 3 is 2.53 bits per heavy atom. The Bertz CT molecular complexity index is 282. The van der Waals surface area contributed by atoms with Gasteiger partial charge in [-0.15, -0.1) is 6.58 Å². The molecule has 0 amide bonds. The maximum atomic E-state index is 5.48. The molecule has 0 bridgehead atoms. The summed E-state index contributed by atoms with van der Waals surface area (Å²) >= 11 is 0. The predicted molar refractivity (Wildman–Crippen MR) is 60.8 cm³/mol. The van der Waals surface area contributed by atoms with Crippen LogP contribution in [0, 0.1) is 0 Å². The maximum absolute atomic E-state index is 5.48. The van der Waals surface area contributed by atoms with E-state index < -0.39 is 0 Å². The zero-order valence-electron chi connectivity index (χ0n) is 8.82. The fourth-order valence-corrected chi connectivity index (χ4v) is 1.11. The fourth-order valence-electron chi connectivity index (χ4n) is 1.11. The molecule has 0 radical (unpaired) electrons. The van der Waals surface area contributed by atoms with Gasteiger partial charge >= 0.3 is 0 Å². The summed E-state index contributed by atoms with van der Waals surface area (Å²) in [7, 11) is 0. The molecule has 0 spiro atoms. The molecule has 3 nitrogen and oxygen atoms in total. The van der Waals surface area contributed by atoms with E-state index in [2.05, 4.69) is 6.58 Å². The molecule has 15 heavy (non-hydrogen) atoms. The van der Waals surface area contributed by atoms with Crippen LogP contribution in [0.15, 0.2) is 36.9 Å². The highest BCUT2D eigenvalue weighted by Gasteiger charge is 1.93. The highest BCUT2D eigenvalue weighted by molar-refractivity contribution is 5.26. The minimum Gasteiger partial charge on any atom is -0.491 e. The van der Waals surface area contributed by atoms with Crippen molar-refractivity contribution in [3.05, 3.63) is 42.5 Å². The first-order valence-electron chi connectivity index (χ1n) is 4.97. The third kappa shape index (κ3) is 4.63. The molecule has 3 heteroatoms. The molecular formula is C12H17NO2. The molecule has 0 saturated carbocycles. The average Bonchev–Trinajstić information content (AvgIpc) is 2.30. The van der Waals surface area contributed by atoms with E-state index in [-0.39, 0.29) is 0 Å². The van der Waals surface area contributed by atoms with Gasteiger partial charge in [-0.25, -0.2) is 0 Å². The quantitative estimate of drug-likeness (QED) is 0.547. The third-order valence-corrected chi connectivity index (χ3v) is 1.89. The van der Waals surface area contributed by atoms with Crippen LogP contribution in [0.3, 0.4) is 0 Å². The molecule has 0 unspecified atom stereocenters. The first kappa shape index (κ1) is 11.8. The van der Waals surface area contributed by atoms with E-state index in [0.717, 1.165) is 11.3 Å². The van der Waals surface area contributed by atoms with Crippen LogP contribution in [0.2, 0.25) is 0 Å². The van der Waals surface area contributed by atoms with Gasteiger partial charge in [0.25, 0.3) is 0 Å². The Hall–Kier alpha value is -1.32. The summed E-state index contributed by atoms with van der Waals surface area (Å²) < 4.78 is 10.6. The number of hydrogen-bond donors (Lipinski definition) is 1. The van der Waals surface area contributed by atoms with Gasteiger partial charge in [0.15, 0.2) is 0 Å². The topological polar surface area (TPSA) is 44.5 Å². The van der Waals surface area contributed by atoms with Crippen LogP contribution in [0.5, 0.6) is 5.75 Å². The molecule has 0 aliphatic heterocycles. The lowest BCUT2D eigenvalue weighted by Gasteiger charge is -2.06. The van der Waals surface area contributed by atoms with Crippen molar-refractivity contribution in [3.8, 4) is 5.75 Å². The van der Waals surface area contributed by atoms with E-state index in [4.69, 9.17) is 15.2 Å². The van der Waals surface area contributed by atoms with Crippen molar-refractivity contribution in [3.63, 3.8) is 0 Å². The zero-order valence-corrected chi connectivity index (χ0v) is 8.82. The predicted octanol–water partition coefficient (Wildman–Crippen LogP) is 1.73. The van der Waals surface area contributed by atoms with Crippen molar-refractivity contribution in [1.29, 1.82) is 0 Å². The Kier molecular flexibility index (Phi) is 5.51. The first-order chi connectivity index (χ1) is 7.36. The molecular weight excluding hydrogens is 190 g/mol. The van der Waals surface area contributed by atoms with Gasteiger partial charge in [-0.05, 0) is 17.7 Å². The van der Waals surface area contributed by atoms with Crippen LogP contribution >= 0.6 is 0 Å². The number of hydrogen-bond acceptors (Lipinski definition) is 3. The highest BCUT2D eigenvalue weighted by atomic mass is 16.5. The van der Waals surface area contributed by atoms with E-state index in [0.29, 0.717) is 26.4 Å². The molecule has 0 aliphatic carbocycles. The Morgan fingerprint density at radius 1 is 1.20 bits per heavy atom. The molecule has 2 N–H and O–H groups in total. The molecule has 0 atom stereocenters. The van der Waals surface area contributed by atoms with Gasteiger partial charge in [0.1, 0.15) is 12.4 Å². The SMILES string of the molecule is C=CCOCCOc1ccc(CN)cc1. The minimum atomic E-state index is 0.551. The van der Waals surface area contributed by atoms with E-state index >= 15 is 0 Å². The molecule has 0 saturated heterocycles. The van der Waals surface area contributed by atoms with Gasteiger partial charge in [-0.2, -0.15) is 0 Å². The van der Waals surface area contributed by atoms with Crippen LogP contribution in [-0.4, -0.2) is 19.8 Å². The summed E-state index contributed by atoms with van der Waals surface area (Å²) in [5, 5.41) is 0. The molecule has 0 aliphatic rings. The monoisotopic (exact) mass is 207 g/mol. The molecule has 1 aromatic carbocycles. The second-order valence-corrected chi connectivity index (χ2v) is 3.06. The highest BCUT2D eigenvalue weighted by Crippen LogP contribution is 2.11. The van der Waals surface area contributed by atoms with Crippen molar-refractivity contribution in [2.75, 3.05) is 19.8 Å². The van der Waals surface area contributed by atoms with Gasteiger partial charge in [0, 0.05) is 6.54 Å². The van der Waals surface area contributed by atoms with Gasteiger partial charge in [0.05, 0.1) is 13.2 Å². The number of rotatable bonds is 7. The zero-order chi connectivity index (χ0) is 10.9. The van der Waals surface area contributed by atoms with Gasteiger partial charge < -0.3 is 15.2 Å². The molecule has 0 fully saturated rings. The summed E-state index contributed by atoms with van der Waals surface area (Å²) in [6, 6.07) is 7.74. The van der Waals surface area contributed by atoms with Crippen LogP contribution in [0.1, 0.15) is 5.56 Å². The first-order valence-corrected chi connectivity index (χ1v) is 4.97. The van der Waals surface area contributed by atoms with Gasteiger partial charge in [-0.1, -0.05) is 18.2 Å².